The fourth-order valence-corrected chi connectivity index (χ4v) is 5.94. The van der Waals surface area contributed by atoms with E-state index < -0.39 is 0 Å². The smallest absolute Gasteiger partial charge is 0.230 e. The number of amides is 1. The van der Waals surface area contributed by atoms with E-state index in [-0.39, 0.29) is 5.91 Å². The monoisotopic (exact) mass is 441 g/mol. The maximum Gasteiger partial charge on any atom is 0.230 e. The van der Waals surface area contributed by atoms with Crippen molar-refractivity contribution >= 4 is 39.8 Å². The van der Waals surface area contributed by atoms with Gasteiger partial charge in [-0.15, -0.1) is 21.5 Å². The summed E-state index contributed by atoms with van der Waals surface area (Å²) in [6.45, 7) is 5.64. The number of anilines is 2. The van der Waals surface area contributed by atoms with Gasteiger partial charge in [0.25, 0.3) is 0 Å². The SMILES string of the molecule is CC(=O)N(c1cccc(C)c1)c1nc(CSc2nnc(C)n2C2CCCCC2)cs1. The zero-order chi connectivity index (χ0) is 21.1. The lowest BCUT2D eigenvalue weighted by Gasteiger charge is -2.24. The first-order valence-electron chi connectivity index (χ1n) is 10.4. The summed E-state index contributed by atoms with van der Waals surface area (Å²) >= 11 is 3.17. The zero-order valence-electron chi connectivity index (χ0n) is 17.7. The van der Waals surface area contributed by atoms with Gasteiger partial charge in [0.2, 0.25) is 5.91 Å². The van der Waals surface area contributed by atoms with Crippen molar-refractivity contribution in [2.45, 2.75) is 69.8 Å². The summed E-state index contributed by atoms with van der Waals surface area (Å²) in [6.07, 6.45) is 6.30. The van der Waals surface area contributed by atoms with Crippen LogP contribution < -0.4 is 4.90 Å². The third-order valence-corrected chi connectivity index (χ3v) is 7.28. The molecule has 2 aromatic heterocycles. The number of aryl methyl sites for hydroxylation is 2. The normalized spacial score (nSPS) is 14.8. The Morgan fingerprint density at radius 2 is 2.03 bits per heavy atom. The van der Waals surface area contributed by atoms with Gasteiger partial charge in [0.05, 0.1) is 11.4 Å². The zero-order valence-corrected chi connectivity index (χ0v) is 19.3. The maximum atomic E-state index is 12.3. The summed E-state index contributed by atoms with van der Waals surface area (Å²) in [5.74, 6) is 1.66. The number of thioether (sulfide) groups is 1. The van der Waals surface area contributed by atoms with Crippen LogP contribution in [0, 0.1) is 13.8 Å². The Kier molecular flexibility index (Phi) is 6.53. The van der Waals surface area contributed by atoms with Crippen LogP contribution in [-0.2, 0) is 10.5 Å². The van der Waals surface area contributed by atoms with E-state index in [0.29, 0.717) is 16.9 Å². The molecule has 6 nitrogen and oxygen atoms in total. The van der Waals surface area contributed by atoms with Gasteiger partial charge >= 0.3 is 0 Å². The number of carbonyl (C=O) groups excluding carboxylic acids is 1. The Morgan fingerprint density at radius 3 is 2.77 bits per heavy atom. The Hall–Kier alpha value is -2.19. The van der Waals surface area contributed by atoms with E-state index in [1.54, 1.807) is 23.6 Å². The van der Waals surface area contributed by atoms with Crippen LogP contribution in [0.4, 0.5) is 10.8 Å². The van der Waals surface area contributed by atoms with Crippen molar-refractivity contribution in [2.24, 2.45) is 0 Å². The molecule has 1 aliphatic rings. The largest absolute Gasteiger partial charge is 0.303 e. The maximum absolute atomic E-state index is 12.3. The minimum atomic E-state index is -0.0400. The van der Waals surface area contributed by atoms with Gasteiger partial charge in [-0.05, 0) is 44.4 Å². The van der Waals surface area contributed by atoms with Gasteiger partial charge in [-0.2, -0.15) is 0 Å². The molecule has 1 fully saturated rings. The van der Waals surface area contributed by atoms with Crippen LogP contribution in [0.1, 0.15) is 62.2 Å². The number of hydrogen-bond donors (Lipinski definition) is 0. The predicted molar refractivity (Wildman–Crippen MR) is 123 cm³/mol. The van der Waals surface area contributed by atoms with Crippen LogP contribution in [0.15, 0.2) is 34.8 Å². The summed E-state index contributed by atoms with van der Waals surface area (Å²) in [5.41, 5.74) is 2.92. The molecule has 2 heterocycles. The third-order valence-electron chi connectivity index (χ3n) is 5.43. The van der Waals surface area contributed by atoms with Gasteiger partial charge in [-0.25, -0.2) is 4.98 Å². The fraction of sp³-hybridized carbons (Fsp3) is 0.455. The topological polar surface area (TPSA) is 63.9 Å². The van der Waals surface area contributed by atoms with Crippen LogP contribution >= 0.6 is 23.1 Å². The molecule has 1 aromatic carbocycles. The minimum Gasteiger partial charge on any atom is -0.303 e. The lowest BCUT2D eigenvalue weighted by molar-refractivity contribution is -0.115. The Labute approximate surface area is 185 Å². The molecule has 1 amide bonds. The van der Waals surface area contributed by atoms with Crippen molar-refractivity contribution in [3.8, 4) is 0 Å². The third kappa shape index (κ3) is 4.59. The van der Waals surface area contributed by atoms with Crippen LogP contribution in [0.25, 0.3) is 0 Å². The summed E-state index contributed by atoms with van der Waals surface area (Å²) in [6, 6.07) is 8.45. The average Bonchev–Trinajstić information content (AvgIpc) is 3.33. The molecule has 0 unspecified atom stereocenters. The minimum absolute atomic E-state index is 0.0400. The average molecular weight is 442 g/mol. The molecule has 1 saturated carbocycles. The van der Waals surface area contributed by atoms with Crippen molar-refractivity contribution < 1.29 is 4.79 Å². The van der Waals surface area contributed by atoms with Crippen LogP contribution in [0.3, 0.4) is 0 Å². The summed E-state index contributed by atoms with van der Waals surface area (Å²) in [7, 11) is 0. The summed E-state index contributed by atoms with van der Waals surface area (Å²) in [5, 5.41) is 12.5. The van der Waals surface area contributed by atoms with Crippen molar-refractivity contribution in [3.05, 3.63) is 46.7 Å². The standard InChI is InChI=1S/C22H27N5OS2/c1-15-8-7-11-20(12-15)27(17(3)28)21-23-18(13-29-21)14-30-22-25-24-16(2)26(22)19-9-5-4-6-10-19/h7-8,11-13,19H,4-6,9-10,14H2,1-3H3. The molecule has 8 heteroatoms. The number of rotatable bonds is 6. The quantitative estimate of drug-likeness (QED) is 0.450. The molecular weight excluding hydrogens is 414 g/mol. The molecule has 0 aliphatic heterocycles. The number of thiazole rings is 1. The van der Waals surface area contributed by atoms with Gasteiger partial charge < -0.3 is 4.57 Å². The van der Waals surface area contributed by atoms with Gasteiger partial charge in [-0.3, -0.25) is 9.69 Å². The number of aromatic nitrogens is 4. The lowest BCUT2D eigenvalue weighted by Crippen LogP contribution is -2.22. The Balaban J connectivity index is 1.49. The van der Waals surface area contributed by atoms with Crippen LogP contribution in [-0.4, -0.2) is 25.7 Å². The first-order valence-corrected chi connectivity index (χ1v) is 12.3. The molecule has 0 N–H and O–H groups in total. The van der Waals surface area contributed by atoms with Gasteiger partial charge in [0.15, 0.2) is 10.3 Å². The lowest BCUT2D eigenvalue weighted by atomic mass is 9.95. The fourth-order valence-electron chi connectivity index (χ4n) is 4.01. The number of carbonyl (C=O) groups is 1. The van der Waals surface area contributed by atoms with Crippen molar-refractivity contribution in [1.82, 2.24) is 19.7 Å². The molecular formula is C22H27N5OS2. The van der Waals surface area contributed by atoms with E-state index in [9.17, 15) is 4.79 Å². The van der Waals surface area contributed by atoms with Gasteiger partial charge in [-0.1, -0.05) is 43.2 Å². The highest BCUT2D eigenvalue weighted by Gasteiger charge is 2.22. The first kappa shape index (κ1) is 21.1. The van der Waals surface area contributed by atoms with E-state index in [4.69, 9.17) is 4.98 Å². The Bertz CT molecular complexity index is 1020. The molecule has 0 radical (unpaired) electrons. The number of nitrogens with zero attached hydrogens (tertiary/aromatic N) is 5. The van der Waals surface area contributed by atoms with Crippen LogP contribution in [0.2, 0.25) is 0 Å². The van der Waals surface area contributed by atoms with Crippen molar-refractivity contribution in [1.29, 1.82) is 0 Å². The highest BCUT2D eigenvalue weighted by atomic mass is 32.2. The molecule has 3 aromatic rings. The van der Waals surface area contributed by atoms with Crippen molar-refractivity contribution in [2.75, 3.05) is 4.90 Å². The van der Waals surface area contributed by atoms with E-state index in [2.05, 4.69) is 14.8 Å². The highest BCUT2D eigenvalue weighted by Crippen LogP contribution is 2.35. The second-order valence-corrected chi connectivity index (χ2v) is 9.57. The van der Waals surface area contributed by atoms with Crippen LogP contribution in [0.5, 0.6) is 0 Å². The molecule has 1 aliphatic carbocycles. The first-order chi connectivity index (χ1) is 14.5. The molecule has 0 bridgehead atoms. The molecule has 4 rings (SSSR count). The summed E-state index contributed by atoms with van der Waals surface area (Å²) in [4.78, 5) is 18.8. The van der Waals surface area contributed by atoms with Gasteiger partial charge in [0.1, 0.15) is 5.82 Å². The molecule has 30 heavy (non-hydrogen) atoms. The van der Waals surface area contributed by atoms with Gasteiger partial charge in [0, 0.05) is 24.1 Å². The molecule has 158 valence electrons. The second-order valence-electron chi connectivity index (χ2n) is 7.80. The second kappa shape index (κ2) is 9.31. The van der Waals surface area contributed by atoms with E-state index >= 15 is 0 Å². The van der Waals surface area contributed by atoms with E-state index in [1.165, 1.54) is 43.4 Å². The molecule has 0 atom stereocenters. The number of hydrogen-bond acceptors (Lipinski definition) is 6. The number of benzene rings is 1. The van der Waals surface area contributed by atoms with E-state index in [1.807, 2.05) is 43.5 Å². The highest BCUT2D eigenvalue weighted by molar-refractivity contribution is 7.98. The summed E-state index contributed by atoms with van der Waals surface area (Å²) < 4.78 is 2.31. The molecule has 0 spiro atoms. The van der Waals surface area contributed by atoms with Crippen molar-refractivity contribution in [3.63, 3.8) is 0 Å². The predicted octanol–water partition coefficient (Wildman–Crippen LogP) is 5.83. The molecule has 0 saturated heterocycles. The van der Waals surface area contributed by atoms with E-state index in [0.717, 1.165) is 27.9 Å². The Morgan fingerprint density at radius 1 is 1.23 bits per heavy atom.